The monoisotopic (exact) mass is 530 g/mol. The first-order chi connectivity index (χ1) is 16.5. The molecule has 2 heterocycles. The van der Waals surface area contributed by atoms with Gasteiger partial charge in [-0.15, -0.1) is 0 Å². The van der Waals surface area contributed by atoms with Crippen molar-refractivity contribution in [2.24, 2.45) is 4.99 Å². The minimum Gasteiger partial charge on any atom is -0.444 e. The average molecular weight is 531 g/mol. The van der Waals surface area contributed by atoms with Crippen molar-refractivity contribution in [3.63, 3.8) is 0 Å². The number of aliphatic imine (C=N–C) groups is 1. The van der Waals surface area contributed by atoms with Gasteiger partial charge in [-0.3, -0.25) is 18.7 Å². The Morgan fingerprint density at radius 2 is 1.63 bits per heavy atom. The summed E-state index contributed by atoms with van der Waals surface area (Å²) >= 11 is 15.6. The molecule has 0 bridgehead atoms. The molecular formula is C24H23ClN4O4S2. The molecule has 0 unspecified atom stereocenters. The van der Waals surface area contributed by atoms with Crippen LogP contribution in [0.3, 0.4) is 0 Å². The summed E-state index contributed by atoms with van der Waals surface area (Å²) in [5.41, 5.74) is 0.336. The van der Waals surface area contributed by atoms with Gasteiger partial charge in [-0.25, -0.2) is 4.79 Å². The summed E-state index contributed by atoms with van der Waals surface area (Å²) in [6, 6.07) is 14.6. The number of hydrogen-bond donors (Lipinski definition) is 1. The maximum atomic E-state index is 11.5. The zero-order chi connectivity index (χ0) is 26.0. The van der Waals surface area contributed by atoms with Gasteiger partial charge in [-0.05, 0) is 75.0 Å². The number of alkyl carbamates (subject to hydrolysis) is 1. The highest BCUT2D eigenvalue weighted by atomic mass is 35.5. The molecule has 11 heteroatoms. The third kappa shape index (κ3) is 9.03. The highest BCUT2D eigenvalue weighted by Gasteiger charge is 2.15. The maximum Gasteiger partial charge on any atom is 0.407 e. The number of amides is 1. The van der Waals surface area contributed by atoms with E-state index < -0.39 is 11.7 Å². The van der Waals surface area contributed by atoms with E-state index in [0.29, 0.717) is 17.3 Å². The Balaban J connectivity index is 0.000000250. The van der Waals surface area contributed by atoms with Crippen LogP contribution < -0.4 is 16.4 Å². The normalized spacial score (nSPS) is 10.3. The molecule has 1 amide bonds. The van der Waals surface area contributed by atoms with Gasteiger partial charge < -0.3 is 10.1 Å². The summed E-state index contributed by atoms with van der Waals surface area (Å²) in [7, 11) is 0. The lowest BCUT2D eigenvalue weighted by Gasteiger charge is -2.19. The topological polar surface area (TPSA) is 94.7 Å². The number of thiocarbonyl (C=S) groups is 2. The Kier molecular flexibility index (Phi) is 10.2. The van der Waals surface area contributed by atoms with Gasteiger partial charge >= 0.3 is 6.09 Å². The van der Waals surface area contributed by atoms with Crippen LogP contribution in [0.4, 0.5) is 10.5 Å². The van der Waals surface area contributed by atoms with Crippen LogP contribution in [0.1, 0.15) is 26.3 Å². The van der Waals surface area contributed by atoms with E-state index in [1.54, 1.807) is 63.2 Å². The molecule has 8 nitrogen and oxygen atoms in total. The summed E-state index contributed by atoms with van der Waals surface area (Å²) < 4.78 is 7.63. The van der Waals surface area contributed by atoms with Gasteiger partial charge in [0.25, 0.3) is 11.1 Å². The van der Waals surface area contributed by atoms with Crippen molar-refractivity contribution < 1.29 is 9.53 Å². The van der Waals surface area contributed by atoms with Crippen molar-refractivity contribution in [1.29, 1.82) is 0 Å². The second-order valence-corrected chi connectivity index (χ2v) is 8.90. The molecule has 2 aromatic heterocycles. The molecule has 0 saturated carbocycles. The summed E-state index contributed by atoms with van der Waals surface area (Å²) in [6.07, 6.45) is 2.59. The molecule has 0 aliphatic carbocycles. The third-order valence-corrected chi connectivity index (χ3v) is 4.87. The summed E-state index contributed by atoms with van der Waals surface area (Å²) in [5, 5.41) is 5.55. The van der Waals surface area contributed by atoms with E-state index in [0.717, 1.165) is 5.56 Å². The Labute approximate surface area is 217 Å². The molecule has 0 aliphatic heterocycles. The van der Waals surface area contributed by atoms with Gasteiger partial charge in [0.1, 0.15) is 5.60 Å². The predicted octanol–water partition coefficient (Wildman–Crippen LogP) is 4.79. The molecule has 3 aromatic rings. The molecule has 0 spiro atoms. The van der Waals surface area contributed by atoms with Crippen molar-refractivity contribution in [2.75, 3.05) is 0 Å². The lowest BCUT2D eigenvalue weighted by molar-refractivity contribution is 0.0523. The predicted molar refractivity (Wildman–Crippen MR) is 144 cm³/mol. The molecule has 3 rings (SSSR count). The third-order valence-electron chi connectivity index (χ3n) is 4.07. The first-order valence-electron chi connectivity index (χ1n) is 10.2. The van der Waals surface area contributed by atoms with E-state index >= 15 is 0 Å². The number of pyridine rings is 2. The lowest BCUT2D eigenvalue weighted by Crippen LogP contribution is -2.35. The van der Waals surface area contributed by atoms with E-state index in [4.69, 9.17) is 28.6 Å². The molecule has 1 N–H and O–H groups in total. The van der Waals surface area contributed by atoms with Gasteiger partial charge in [-0.2, -0.15) is 4.99 Å². The number of rotatable bonds is 3. The van der Waals surface area contributed by atoms with Gasteiger partial charge in [0.05, 0.1) is 15.9 Å². The molecule has 35 heavy (non-hydrogen) atoms. The molecular weight excluding hydrogens is 508 g/mol. The minimum absolute atomic E-state index is 0.149. The van der Waals surface area contributed by atoms with Crippen LogP contribution in [0.5, 0.6) is 0 Å². The second-order valence-electron chi connectivity index (χ2n) is 7.94. The van der Waals surface area contributed by atoms with Gasteiger partial charge in [0, 0.05) is 31.1 Å². The Hall–Kier alpha value is -3.43. The molecule has 0 radical (unpaired) electrons. The van der Waals surface area contributed by atoms with E-state index in [1.165, 1.54) is 33.7 Å². The zero-order valence-corrected chi connectivity index (χ0v) is 21.6. The lowest BCUT2D eigenvalue weighted by atomic mass is 10.2. The van der Waals surface area contributed by atoms with Gasteiger partial charge in [-0.1, -0.05) is 29.8 Å². The minimum atomic E-state index is -0.517. The van der Waals surface area contributed by atoms with Crippen molar-refractivity contribution in [2.45, 2.75) is 32.9 Å². The fourth-order valence-electron chi connectivity index (χ4n) is 2.58. The highest BCUT2D eigenvalue weighted by Crippen LogP contribution is 2.25. The number of aromatic nitrogens is 2. The highest BCUT2D eigenvalue weighted by molar-refractivity contribution is 7.80. The van der Waals surface area contributed by atoms with E-state index in [9.17, 15) is 14.4 Å². The smallest absolute Gasteiger partial charge is 0.407 e. The van der Waals surface area contributed by atoms with Crippen LogP contribution in [0.25, 0.3) is 0 Å². The molecule has 0 fully saturated rings. The number of halogens is 1. The maximum absolute atomic E-state index is 11.5. The van der Waals surface area contributed by atoms with Crippen molar-refractivity contribution in [3.8, 4) is 0 Å². The molecule has 0 aliphatic rings. The number of carbonyl (C=O) groups excluding carboxylic acids is 1. The quantitative estimate of drug-likeness (QED) is 0.386. The second kappa shape index (κ2) is 12.9. The standard InChI is InChI=1S/C13H15ClN2O2S.C11H8N2O2S/c1-13(2,3)18-12(17)15-7-9-4-5-10(14)11(6-9)16-8-19;14-9-5-1-3-7-12(9)11(16)13-8-4-2-6-10(13)15/h4-6H,7H2,1-3H3,(H,15,17);1-8H. The largest absolute Gasteiger partial charge is 0.444 e. The van der Waals surface area contributed by atoms with Crippen LogP contribution in [-0.4, -0.2) is 31.1 Å². The van der Waals surface area contributed by atoms with Gasteiger partial charge in [0.15, 0.2) is 5.11 Å². The summed E-state index contributed by atoms with van der Waals surface area (Å²) in [4.78, 5) is 38.4. The number of benzene rings is 1. The number of hydrogen-bond acceptors (Lipinski definition) is 7. The van der Waals surface area contributed by atoms with Crippen LogP contribution in [-0.2, 0) is 11.3 Å². The van der Waals surface area contributed by atoms with Crippen LogP contribution in [0.2, 0.25) is 5.02 Å². The summed E-state index contributed by atoms with van der Waals surface area (Å²) in [5.74, 6) is 0. The molecule has 0 atom stereocenters. The average Bonchev–Trinajstić information content (AvgIpc) is 2.79. The van der Waals surface area contributed by atoms with Crippen molar-refractivity contribution in [1.82, 2.24) is 14.5 Å². The SMILES string of the molecule is CC(C)(C)OC(=O)NCc1ccc(Cl)c(N=C=S)c1.O=c1ccccn1C(=S)n1ccccc1=O. The van der Waals surface area contributed by atoms with Crippen LogP contribution in [0.15, 0.2) is 81.6 Å². The first-order valence-corrected chi connectivity index (χ1v) is 11.4. The van der Waals surface area contributed by atoms with E-state index in [2.05, 4.69) is 27.7 Å². The summed E-state index contributed by atoms with van der Waals surface area (Å²) in [6.45, 7) is 5.75. The Morgan fingerprint density at radius 1 is 1.06 bits per heavy atom. The zero-order valence-electron chi connectivity index (χ0n) is 19.2. The fourth-order valence-corrected chi connectivity index (χ4v) is 3.14. The number of carbonyl (C=O) groups is 1. The van der Waals surface area contributed by atoms with Crippen molar-refractivity contribution in [3.05, 3.63) is 98.3 Å². The van der Waals surface area contributed by atoms with Crippen LogP contribution >= 0.6 is 36.0 Å². The fraction of sp³-hybridized carbons (Fsp3) is 0.208. The Bertz CT molecular complexity index is 1320. The molecule has 182 valence electrons. The van der Waals surface area contributed by atoms with E-state index in [1.807, 2.05) is 0 Å². The number of nitrogens with zero attached hydrogens (tertiary/aromatic N) is 3. The van der Waals surface area contributed by atoms with E-state index in [-0.39, 0.29) is 16.2 Å². The number of isothiocyanates is 1. The molecule has 0 saturated heterocycles. The number of nitrogens with one attached hydrogen (secondary N) is 1. The number of ether oxygens (including phenoxy) is 1. The molecule has 1 aromatic carbocycles. The van der Waals surface area contributed by atoms with Gasteiger partial charge in [0.2, 0.25) is 0 Å². The Morgan fingerprint density at radius 3 is 2.11 bits per heavy atom. The van der Waals surface area contributed by atoms with Crippen molar-refractivity contribution >= 4 is 58.1 Å². The van der Waals surface area contributed by atoms with Crippen LogP contribution in [0, 0.1) is 0 Å². The first kappa shape index (κ1) is 27.8.